The van der Waals surface area contributed by atoms with Gasteiger partial charge in [-0.25, -0.2) is 4.39 Å². The molecule has 0 unspecified atom stereocenters. The summed E-state index contributed by atoms with van der Waals surface area (Å²) in [4.78, 5) is 16.0. The summed E-state index contributed by atoms with van der Waals surface area (Å²) in [6.07, 6.45) is 1.26. The summed E-state index contributed by atoms with van der Waals surface area (Å²) in [5.41, 5.74) is 6.44. The molecule has 1 aliphatic rings. The van der Waals surface area contributed by atoms with Gasteiger partial charge in [0, 0.05) is 42.7 Å². The fourth-order valence-electron chi connectivity index (χ4n) is 4.26. The zero-order valence-electron chi connectivity index (χ0n) is 17.9. The number of nitrogens with zero attached hydrogens (tertiary/aromatic N) is 2. The summed E-state index contributed by atoms with van der Waals surface area (Å²) < 4.78 is 13.3. The summed E-state index contributed by atoms with van der Waals surface area (Å²) in [7, 11) is 3.97. The van der Waals surface area contributed by atoms with Crippen molar-refractivity contribution in [3.63, 3.8) is 0 Å². The molecule has 8 heteroatoms. The Bertz CT molecular complexity index is 912. The van der Waals surface area contributed by atoms with Crippen molar-refractivity contribution >= 4 is 29.9 Å². The summed E-state index contributed by atoms with van der Waals surface area (Å²) in [5.74, 6) is -0.887. The number of piperidine rings is 1. The Kier molecular flexibility index (Phi) is 8.86. The van der Waals surface area contributed by atoms with Crippen LogP contribution in [0, 0.1) is 11.7 Å². The van der Waals surface area contributed by atoms with E-state index >= 15 is 0 Å². The molecule has 5 nitrogen and oxygen atoms in total. The number of likely N-dealkylation sites (tertiary alicyclic amines) is 1. The maximum atomic E-state index is 13.3. The molecule has 0 aliphatic carbocycles. The number of nitrogens with two attached hydrogens (primary N) is 1. The first-order valence-electron chi connectivity index (χ1n) is 10.1. The van der Waals surface area contributed by atoms with Crippen LogP contribution in [-0.4, -0.2) is 61.1 Å². The van der Waals surface area contributed by atoms with Crippen molar-refractivity contribution in [3.05, 3.63) is 70.0 Å². The van der Waals surface area contributed by atoms with Crippen molar-refractivity contribution in [1.82, 2.24) is 9.80 Å². The Morgan fingerprint density at radius 2 is 2.06 bits per heavy atom. The highest BCUT2D eigenvalue weighted by atomic mass is 35.5. The van der Waals surface area contributed by atoms with Gasteiger partial charge in [0.1, 0.15) is 5.82 Å². The Morgan fingerprint density at radius 1 is 1.32 bits per heavy atom. The van der Waals surface area contributed by atoms with Gasteiger partial charge in [0.15, 0.2) is 0 Å². The molecule has 31 heavy (non-hydrogen) atoms. The van der Waals surface area contributed by atoms with Crippen LogP contribution in [0.5, 0.6) is 0 Å². The largest absolute Gasteiger partial charge is 0.385 e. The molecule has 3 N–H and O–H groups in total. The van der Waals surface area contributed by atoms with Crippen LogP contribution in [0.2, 0.25) is 5.02 Å². The number of aliphatic hydroxyl groups is 1. The van der Waals surface area contributed by atoms with Gasteiger partial charge >= 0.3 is 0 Å². The smallest absolute Gasteiger partial charge is 0.248 e. The van der Waals surface area contributed by atoms with Crippen LogP contribution >= 0.6 is 24.0 Å². The fraction of sp³-hybridized carbons (Fsp3) is 0.435. The van der Waals surface area contributed by atoms with Gasteiger partial charge in [-0.15, -0.1) is 12.4 Å². The van der Waals surface area contributed by atoms with Crippen molar-refractivity contribution < 1.29 is 14.3 Å². The van der Waals surface area contributed by atoms with Gasteiger partial charge in [-0.05, 0) is 62.3 Å². The number of rotatable bonds is 7. The number of primary amides is 1. The molecular formula is C23H30Cl2FN3O2. The van der Waals surface area contributed by atoms with Gasteiger partial charge < -0.3 is 20.6 Å². The highest BCUT2D eigenvalue weighted by Gasteiger charge is 2.43. The predicted octanol–water partition coefficient (Wildman–Crippen LogP) is 3.31. The second kappa shape index (κ2) is 10.7. The number of benzene rings is 2. The Hall–Kier alpha value is -1.70. The van der Waals surface area contributed by atoms with Gasteiger partial charge in [-0.1, -0.05) is 29.8 Å². The maximum absolute atomic E-state index is 13.3. The molecule has 1 amide bonds. The van der Waals surface area contributed by atoms with E-state index in [0.717, 1.165) is 17.7 Å². The van der Waals surface area contributed by atoms with Gasteiger partial charge in [0.25, 0.3) is 0 Å². The van der Waals surface area contributed by atoms with Crippen LogP contribution in [-0.2, 0) is 12.0 Å². The number of amides is 1. The topological polar surface area (TPSA) is 69.8 Å². The van der Waals surface area contributed by atoms with Crippen molar-refractivity contribution in [2.45, 2.75) is 18.4 Å². The molecule has 2 aromatic carbocycles. The highest BCUT2D eigenvalue weighted by molar-refractivity contribution is 6.31. The third kappa shape index (κ3) is 6.18. The van der Waals surface area contributed by atoms with Gasteiger partial charge in [-0.3, -0.25) is 4.79 Å². The molecule has 2 aromatic rings. The molecular weight excluding hydrogens is 440 g/mol. The highest BCUT2D eigenvalue weighted by Crippen LogP contribution is 2.38. The zero-order valence-corrected chi connectivity index (χ0v) is 19.4. The summed E-state index contributed by atoms with van der Waals surface area (Å²) in [6.45, 7) is 2.88. The Morgan fingerprint density at radius 3 is 2.71 bits per heavy atom. The average molecular weight is 470 g/mol. The molecule has 1 saturated heterocycles. The van der Waals surface area contributed by atoms with Gasteiger partial charge in [0.2, 0.25) is 5.91 Å². The summed E-state index contributed by atoms with van der Waals surface area (Å²) in [5, 5.41) is 12.1. The molecule has 0 spiro atoms. The molecule has 0 radical (unpaired) electrons. The first kappa shape index (κ1) is 25.6. The molecule has 0 aromatic heterocycles. The van der Waals surface area contributed by atoms with E-state index in [-0.39, 0.29) is 24.1 Å². The second-order valence-corrected chi connectivity index (χ2v) is 8.77. The van der Waals surface area contributed by atoms with Gasteiger partial charge in [-0.2, -0.15) is 0 Å². The second-order valence-electron chi connectivity index (χ2n) is 8.36. The molecule has 3 rings (SSSR count). The minimum absolute atomic E-state index is 0. The average Bonchev–Trinajstić information content (AvgIpc) is 2.69. The van der Waals surface area contributed by atoms with E-state index in [0.29, 0.717) is 43.1 Å². The molecule has 2 atom stereocenters. The minimum atomic E-state index is -1.04. The number of hydrogen-bond acceptors (Lipinski definition) is 4. The third-order valence-electron chi connectivity index (χ3n) is 5.91. The molecule has 1 aliphatic heterocycles. The van der Waals surface area contributed by atoms with E-state index in [1.54, 1.807) is 24.3 Å². The van der Waals surface area contributed by atoms with Crippen molar-refractivity contribution in [2.24, 2.45) is 11.7 Å². The first-order chi connectivity index (χ1) is 14.2. The predicted molar refractivity (Wildman–Crippen MR) is 124 cm³/mol. The number of halogens is 3. The van der Waals surface area contributed by atoms with E-state index < -0.39 is 11.5 Å². The Balaban J connectivity index is 0.00000341. The molecule has 170 valence electrons. The van der Waals surface area contributed by atoms with E-state index in [1.165, 1.54) is 12.1 Å². The van der Waals surface area contributed by atoms with Gasteiger partial charge in [0.05, 0.1) is 5.60 Å². The molecule has 1 fully saturated rings. The SMILES string of the molecule is CN(C)C[C@H]1CN(CCc2ccc(F)cc2Cl)CC[C@]1(O)c1cccc(C(N)=O)c1.Cl. The molecule has 0 saturated carbocycles. The maximum Gasteiger partial charge on any atom is 0.248 e. The number of carbonyl (C=O) groups excluding carboxylic acids is 1. The fourth-order valence-corrected chi connectivity index (χ4v) is 4.53. The lowest BCUT2D eigenvalue weighted by molar-refractivity contribution is -0.0843. The van der Waals surface area contributed by atoms with E-state index in [9.17, 15) is 14.3 Å². The number of hydrogen-bond donors (Lipinski definition) is 2. The van der Waals surface area contributed by atoms with E-state index in [1.807, 2.05) is 20.2 Å². The van der Waals surface area contributed by atoms with Crippen molar-refractivity contribution in [1.29, 1.82) is 0 Å². The standard InChI is InChI=1S/C23H29ClFN3O2.ClH/c1-27(2)14-19-15-28(10-8-16-6-7-20(25)13-21(16)24)11-9-23(19,30)18-5-3-4-17(12-18)22(26)29;/h3-7,12-13,19,30H,8-11,14-15H2,1-2H3,(H2,26,29);1H/t19-,23-;/m0./s1. The van der Waals surface area contributed by atoms with Crippen LogP contribution in [0.1, 0.15) is 27.9 Å². The lowest BCUT2D eigenvalue weighted by Crippen LogP contribution is -2.53. The molecule has 1 heterocycles. The number of carbonyl (C=O) groups is 1. The molecule has 0 bridgehead atoms. The van der Waals surface area contributed by atoms with E-state index in [2.05, 4.69) is 9.80 Å². The van der Waals surface area contributed by atoms with Crippen molar-refractivity contribution in [2.75, 3.05) is 40.3 Å². The summed E-state index contributed by atoms with van der Waals surface area (Å²) >= 11 is 6.17. The monoisotopic (exact) mass is 469 g/mol. The van der Waals surface area contributed by atoms with Crippen LogP contribution in [0.4, 0.5) is 4.39 Å². The van der Waals surface area contributed by atoms with Crippen molar-refractivity contribution in [3.8, 4) is 0 Å². The van der Waals surface area contributed by atoms with Crippen LogP contribution in [0.25, 0.3) is 0 Å². The third-order valence-corrected chi connectivity index (χ3v) is 6.26. The van der Waals surface area contributed by atoms with Crippen LogP contribution in [0.15, 0.2) is 42.5 Å². The zero-order chi connectivity index (χ0) is 21.9. The van der Waals surface area contributed by atoms with Crippen LogP contribution in [0.3, 0.4) is 0 Å². The Labute approximate surface area is 194 Å². The normalized spacial score (nSPS) is 21.7. The van der Waals surface area contributed by atoms with E-state index in [4.69, 9.17) is 17.3 Å². The quantitative estimate of drug-likeness (QED) is 0.652. The summed E-state index contributed by atoms with van der Waals surface area (Å²) in [6, 6.07) is 11.5. The lowest BCUT2D eigenvalue weighted by Gasteiger charge is -2.46. The first-order valence-corrected chi connectivity index (χ1v) is 10.5. The lowest BCUT2D eigenvalue weighted by atomic mass is 9.75. The minimum Gasteiger partial charge on any atom is -0.385 e. The van der Waals surface area contributed by atoms with Crippen LogP contribution < -0.4 is 5.73 Å².